The topological polar surface area (TPSA) is 60.9 Å². The van der Waals surface area contributed by atoms with Crippen molar-refractivity contribution in [3.05, 3.63) is 0 Å². The van der Waals surface area contributed by atoms with E-state index in [1.54, 1.807) is 4.90 Å². The number of hydrogen-bond donors (Lipinski definition) is 1. The van der Waals surface area contributed by atoms with Crippen molar-refractivity contribution in [2.75, 3.05) is 19.6 Å². The maximum Gasteiger partial charge on any atom is 0.327 e. The van der Waals surface area contributed by atoms with E-state index in [9.17, 15) is 14.7 Å². The third-order valence-electron chi connectivity index (χ3n) is 4.45. The zero-order valence-corrected chi connectivity index (χ0v) is 12.1. The number of rotatable bonds is 1. The zero-order chi connectivity index (χ0) is 14.2. The minimum absolute atomic E-state index is 0.0930. The van der Waals surface area contributed by atoms with Crippen LogP contribution in [0.2, 0.25) is 0 Å². The fourth-order valence-electron chi connectivity index (χ4n) is 3.36. The Labute approximate surface area is 114 Å². The van der Waals surface area contributed by atoms with E-state index < -0.39 is 12.0 Å². The van der Waals surface area contributed by atoms with Gasteiger partial charge in [-0.25, -0.2) is 9.59 Å². The molecule has 0 bridgehead atoms. The lowest BCUT2D eigenvalue weighted by molar-refractivity contribution is -0.148. The predicted molar refractivity (Wildman–Crippen MR) is 71.9 cm³/mol. The van der Waals surface area contributed by atoms with E-state index >= 15 is 0 Å². The summed E-state index contributed by atoms with van der Waals surface area (Å²) in [5.41, 5.74) is -0.356. The van der Waals surface area contributed by atoms with Gasteiger partial charge in [0.15, 0.2) is 0 Å². The molecule has 19 heavy (non-hydrogen) atoms. The van der Waals surface area contributed by atoms with E-state index in [1.165, 1.54) is 0 Å². The summed E-state index contributed by atoms with van der Waals surface area (Å²) in [6, 6.07) is -0.797. The normalized spacial score (nSPS) is 30.5. The first-order chi connectivity index (χ1) is 8.83. The van der Waals surface area contributed by atoms with Crippen molar-refractivity contribution in [1.29, 1.82) is 0 Å². The SMILES string of the molecule is CC1CCN(C(=O)N2CCCC(C)(C)C2C(=O)O)C1. The lowest BCUT2D eigenvalue weighted by Crippen LogP contribution is -2.59. The second-order valence-electron chi connectivity index (χ2n) is 6.65. The van der Waals surface area contributed by atoms with Gasteiger partial charge in [0, 0.05) is 19.6 Å². The monoisotopic (exact) mass is 268 g/mol. The Bertz CT molecular complexity index is 381. The standard InChI is InChI=1S/C14H24N2O3/c1-10-5-8-15(9-10)13(19)16-7-4-6-14(2,3)11(16)12(17)18/h10-11H,4-9H2,1-3H3,(H,17,18). The molecule has 5 heteroatoms. The van der Waals surface area contributed by atoms with Crippen molar-refractivity contribution in [1.82, 2.24) is 9.80 Å². The number of hydrogen-bond acceptors (Lipinski definition) is 2. The van der Waals surface area contributed by atoms with Gasteiger partial charge < -0.3 is 14.9 Å². The maximum absolute atomic E-state index is 12.5. The molecule has 2 rings (SSSR count). The molecule has 2 heterocycles. The maximum atomic E-state index is 12.5. The van der Waals surface area contributed by atoms with Crippen molar-refractivity contribution in [2.45, 2.75) is 46.1 Å². The van der Waals surface area contributed by atoms with Gasteiger partial charge in [-0.05, 0) is 30.6 Å². The van der Waals surface area contributed by atoms with E-state index in [2.05, 4.69) is 6.92 Å². The molecule has 0 aromatic carbocycles. The van der Waals surface area contributed by atoms with Gasteiger partial charge in [0.2, 0.25) is 0 Å². The molecule has 1 N–H and O–H groups in total. The highest BCUT2D eigenvalue weighted by atomic mass is 16.4. The summed E-state index contributed by atoms with van der Waals surface area (Å²) in [7, 11) is 0. The van der Waals surface area contributed by atoms with Crippen LogP contribution in [0, 0.1) is 11.3 Å². The van der Waals surface area contributed by atoms with E-state index in [-0.39, 0.29) is 11.4 Å². The highest BCUT2D eigenvalue weighted by Gasteiger charge is 2.46. The van der Waals surface area contributed by atoms with Crippen LogP contribution in [-0.2, 0) is 4.79 Å². The summed E-state index contributed by atoms with van der Waals surface area (Å²) in [6.45, 7) is 8.08. The molecule has 108 valence electrons. The summed E-state index contributed by atoms with van der Waals surface area (Å²) in [5.74, 6) is -0.365. The van der Waals surface area contributed by atoms with Gasteiger partial charge >= 0.3 is 12.0 Å². The van der Waals surface area contributed by atoms with E-state index in [1.807, 2.05) is 18.7 Å². The van der Waals surface area contributed by atoms with Crippen LogP contribution in [0.25, 0.3) is 0 Å². The van der Waals surface area contributed by atoms with E-state index in [0.717, 1.165) is 32.4 Å². The smallest absolute Gasteiger partial charge is 0.327 e. The fraction of sp³-hybridized carbons (Fsp3) is 0.857. The number of nitrogens with zero attached hydrogens (tertiary/aromatic N) is 2. The molecule has 2 atom stereocenters. The highest BCUT2D eigenvalue weighted by molar-refractivity contribution is 5.83. The Morgan fingerprint density at radius 2 is 1.95 bits per heavy atom. The second-order valence-corrected chi connectivity index (χ2v) is 6.65. The summed E-state index contributed by atoms with van der Waals surface area (Å²) in [6.07, 6.45) is 2.75. The molecule has 2 saturated heterocycles. The number of carboxylic acid groups (broad SMARTS) is 1. The average Bonchev–Trinajstić information content (AvgIpc) is 2.72. The molecule has 5 nitrogen and oxygen atoms in total. The minimum atomic E-state index is -0.884. The minimum Gasteiger partial charge on any atom is -0.480 e. The van der Waals surface area contributed by atoms with Crippen LogP contribution in [0.1, 0.15) is 40.0 Å². The zero-order valence-electron chi connectivity index (χ0n) is 12.1. The van der Waals surface area contributed by atoms with Gasteiger partial charge in [-0.1, -0.05) is 20.8 Å². The summed E-state index contributed by atoms with van der Waals surface area (Å²) >= 11 is 0. The lowest BCUT2D eigenvalue weighted by atomic mass is 9.76. The molecule has 0 aliphatic carbocycles. The third kappa shape index (κ3) is 2.69. The van der Waals surface area contributed by atoms with Crippen molar-refractivity contribution in [2.24, 2.45) is 11.3 Å². The van der Waals surface area contributed by atoms with Crippen molar-refractivity contribution in [3.8, 4) is 0 Å². The Morgan fingerprint density at radius 1 is 1.26 bits per heavy atom. The van der Waals surface area contributed by atoms with Gasteiger partial charge in [0.25, 0.3) is 0 Å². The van der Waals surface area contributed by atoms with Crippen LogP contribution in [0.15, 0.2) is 0 Å². The predicted octanol–water partition coefficient (Wildman–Crippen LogP) is 2.02. The molecule has 2 aliphatic rings. The van der Waals surface area contributed by atoms with E-state index in [0.29, 0.717) is 12.5 Å². The molecule has 2 unspecified atom stereocenters. The summed E-state index contributed by atoms with van der Waals surface area (Å²) < 4.78 is 0. The number of piperidine rings is 1. The van der Waals surface area contributed by atoms with Gasteiger partial charge in [-0.15, -0.1) is 0 Å². The quantitative estimate of drug-likeness (QED) is 0.791. The molecule has 0 aromatic heterocycles. The largest absolute Gasteiger partial charge is 0.480 e. The number of carbonyl (C=O) groups is 2. The van der Waals surface area contributed by atoms with Crippen LogP contribution in [0.5, 0.6) is 0 Å². The molecule has 2 fully saturated rings. The number of likely N-dealkylation sites (tertiary alicyclic amines) is 2. The van der Waals surface area contributed by atoms with Crippen LogP contribution >= 0.6 is 0 Å². The number of urea groups is 1. The third-order valence-corrected chi connectivity index (χ3v) is 4.45. The van der Waals surface area contributed by atoms with Crippen LogP contribution in [0.3, 0.4) is 0 Å². The first kappa shape index (κ1) is 14.2. The molecular weight excluding hydrogens is 244 g/mol. The summed E-state index contributed by atoms with van der Waals surface area (Å²) in [5, 5.41) is 9.48. The van der Waals surface area contributed by atoms with Crippen LogP contribution in [0.4, 0.5) is 4.79 Å². The van der Waals surface area contributed by atoms with Crippen LogP contribution in [-0.4, -0.2) is 52.6 Å². The molecule has 0 aromatic rings. The molecule has 2 amide bonds. The number of carboxylic acids is 1. The fourth-order valence-corrected chi connectivity index (χ4v) is 3.36. The Hall–Kier alpha value is -1.26. The molecular formula is C14H24N2O3. The van der Waals surface area contributed by atoms with Gasteiger partial charge in [-0.2, -0.15) is 0 Å². The van der Waals surface area contributed by atoms with Gasteiger partial charge in [0.05, 0.1) is 0 Å². The van der Waals surface area contributed by atoms with E-state index in [4.69, 9.17) is 0 Å². The van der Waals surface area contributed by atoms with Crippen LogP contribution < -0.4 is 0 Å². The Balaban J connectivity index is 2.16. The van der Waals surface area contributed by atoms with Gasteiger partial charge in [0.1, 0.15) is 6.04 Å². The van der Waals surface area contributed by atoms with Crippen molar-refractivity contribution >= 4 is 12.0 Å². The highest BCUT2D eigenvalue weighted by Crippen LogP contribution is 2.36. The number of aliphatic carboxylic acids is 1. The molecule has 2 aliphatic heterocycles. The summed E-state index contributed by atoms with van der Waals surface area (Å²) in [4.78, 5) is 27.5. The Kier molecular flexibility index (Phi) is 3.74. The Morgan fingerprint density at radius 3 is 2.47 bits per heavy atom. The molecule has 0 radical (unpaired) electrons. The average molecular weight is 268 g/mol. The van der Waals surface area contributed by atoms with Gasteiger partial charge in [-0.3, -0.25) is 0 Å². The number of carbonyl (C=O) groups excluding carboxylic acids is 1. The van der Waals surface area contributed by atoms with Crippen molar-refractivity contribution in [3.63, 3.8) is 0 Å². The second kappa shape index (κ2) is 5.02. The number of amides is 2. The van der Waals surface area contributed by atoms with Crippen molar-refractivity contribution < 1.29 is 14.7 Å². The molecule has 0 saturated carbocycles. The first-order valence-electron chi connectivity index (χ1n) is 7.11. The lowest BCUT2D eigenvalue weighted by Gasteiger charge is -2.45. The molecule has 0 spiro atoms. The first-order valence-corrected chi connectivity index (χ1v) is 7.11.